The summed E-state index contributed by atoms with van der Waals surface area (Å²) in [5, 5.41) is 13.1. The van der Waals surface area contributed by atoms with E-state index in [0.29, 0.717) is 18.0 Å². The zero-order valence-corrected chi connectivity index (χ0v) is 10.7. The summed E-state index contributed by atoms with van der Waals surface area (Å²) in [5.41, 5.74) is 1.01. The average molecular weight is 254 g/mol. The van der Waals surface area contributed by atoms with Gasteiger partial charge in [0.15, 0.2) is 0 Å². The molecule has 0 bridgehead atoms. The number of carboxylic acids is 1. The molecule has 1 aliphatic carbocycles. The molecule has 1 aromatic rings. The molecular weight excluding hydrogens is 238 g/mol. The number of hydrogen-bond acceptors (Lipinski definition) is 2. The molecule has 1 aliphatic rings. The third-order valence-corrected chi connectivity index (χ3v) is 3.86. The summed E-state index contributed by atoms with van der Waals surface area (Å²) < 4.78 is 0. The van der Waals surface area contributed by atoms with Crippen LogP contribution in [0.15, 0.2) is 18.2 Å². The van der Waals surface area contributed by atoms with Gasteiger partial charge >= 0.3 is 5.97 Å². The Morgan fingerprint density at radius 3 is 2.88 bits per heavy atom. The Kier molecular flexibility index (Phi) is 3.15. The zero-order chi connectivity index (χ0) is 12.6. The molecule has 0 saturated heterocycles. The molecule has 4 heteroatoms. The Hall–Kier alpha value is -1.06. The topological polar surface area (TPSA) is 49.3 Å². The van der Waals surface area contributed by atoms with E-state index in [9.17, 15) is 9.90 Å². The highest BCUT2D eigenvalue weighted by molar-refractivity contribution is 6.32. The lowest BCUT2D eigenvalue weighted by Crippen LogP contribution is -2.26. The van der Waals surface area contributed by atoms with E-state index >= 15 is 0 Å². The van der Waals surface area contributed by atoms with Crippen molar-refractivity contribution in [3.63, 3.8) is 0 Å². The highest BCUT2D eigenvalue weighted by Crippen LogP contribution is 2.56. The summed E-state index contributed by atoms with van der Waals surface area (Å²) in [6.45, 7) is 2.65. The molecule has 92 valence electrons. The molecule has 0 radical (unpaired) electrons. The summed E-state index contributed by atoms with van der Waals surface area (Å²) in [6.07, 6.45) is 0.659. The van der Waals surface area contributed by atoms with Crippen LogP contribution in [0, 0.1) is 12.8 Å². The van der Waals surface area contributed by atoms with Gasteiger partial charge in [0.05, 0.1) is 5.41 Å². The number of aliphatic carboxylic acids is 1. The molecule has 1 saturated carbocycles. The maximum absolute atomic E-state index is 11.5. The van der Waals surface area contributed by atoms with Gasteiger partial charge in [-0.15, -0.1) is 0 Å². The summed E-state index contributed by atoms with van der Waals surface area (Å²) in [7, 11) is 1.83. The van der Waals surface area contributed by atoms with Crippen molar-refractivity contribution in [2.24, 2.45) is 5.92 Å². The lowest BCUT2D eigenvalue weighted by atomic mass is 9.92. The van der Waals surface area contributed by atoms with Crippen molar-refractivity contribution in [1.82, 2.24) is 5.32 Å². The van der Waals surface area contributed by atoms with Crippen molar-refractivity contribution in [2.45, 2.75) is 18.8 Å². The predicted octanol–water partition coefficient (Wildman–Crippen LogP) is 2.21. The van der Waals surface area contributed by atoms with E-state index in [1.54, 1.807) is 0 Å². The second kappa shape index (κ2) is 4.31. The van der Waals surface area contributed by atoms with Crippen LogP contribution < -0.4 is 5.32 Å². The summed E-state index contributed by atoms with van der Waals surface area (Å²) in [6, 6.07) is 5.60. The first-order chi connectivity index (χ1) is 8.02. The molecule has 2 rings (SSSR count). The van der Waals surface area contributed by atoms with Gasteiger partial charge in [0.2, 0.25) is 0 Å². The molecule has 0 aromatic heterocycles. The quantitative estimate of drug-likeness (QED) is 0.865. The van der Waals surface area contributed by atoms with Crippen LogP contribution in [0.1, 0.15) is 17.5 Å². The molecular formula is C13H16ClNO2. The van der Waals surface area contributed by atoms with Gasteiger partial charge in [-0.25, -0.2) is 0 Å². The third-order valence-electron chi connectivity index (χ3n) is 3.54. The molecule has 2 atom stereocenters. The van der Waals surface area contributed by atoms with Gasteiger partial charge < -0.3 is 10.4 Å². The maximum Gasteiger partial charge on any atom is 0.314 e. The van der Waals surface area contributed by atoms with Crippen molar-refractivity contribution in [3.8, 4) is 0 Å². The van der Waals surface area contributed by atoms with Crippen molar-refractivity contribution < 1.29 is 9.90 Å². The van der Waals surface area contributed by atoms with E-state index in [-0.39, 0.29) is 5.92 Å². The van der Waals surface area contributed by atoms with Crippen LogP contribution in [-0.4, -0.2) is 24.7 Å². The average Bonchev–Trinajstić information content (AvgIpc) is 2.94. The van der Waals surface area contributed by atoms with Gasteiger partial charge in [-0.3, -0.25) is 4.79 Å². The number of rotatable bonds is 4. The smallest absolute Gasteiger partial charge is 0.314 e. The summed E-state index contributed by atoms with van der Waals surface area (Å²) in [4.78, 5) is 11.5. The van der Waals surface area contributed by atoms with Crippen molar-refractivity contribution in [1.29, 1.82) is 0 Å². The van der Waals surface area contributed by atoms with Crippen LogP contribution in [0.25, 0.3) is 0 Å². The van der Waals surface area contributed by atoms with Gasteiger partial charge in [0.1, 0.15) is 0 Å². The lowest BCUT2D eigenvalue weighted by molar-refractivity contribution is -0.140. The summed E-state index contributed by atoms with van der Waals surface area (Å²) >= 11 is 6.18. The minimum atomic E-state index is -0.784. The van der Waals surface area contributed by atoms with Crippen LogP contribution in [0.5, 0.6) is 0 Å². The number of aryl methyl sites for hydroxylation is 1. The molecule has 2 N–H and O–H groups in total. The van der Waals surface area contributed by atoms with Gasteiger partial charge in [0, 0.05) is 5.02 Å². The first-order valence-corrected chi connectivity index (χ1v) is 6.04. The van der Waals surface area contributed by atoms with E-state index in [2.05, 4.69) is 5.32 Å². The Bertz CT molecular complexity index is 461. The zero-order valence-electron chi connectivity index (χ0n) is 9.96. The Morgan fingerprint density at radius 2 is 2.35 bits per heavy atom. The molecule has 3 nitrogen and oxygen atoms in total. The Balaban J connectivity index is 2.39. The number of carbonyl (C=O) groups is 1. The fourth-order valence-electron chi connectivity index (χ4n) is 2.51. The number of halogens is 1. The van der Waals surface area contributed by atoms with Gasteiger partial charge in [0.25, 0.3) is 0 Å². The van der Waals surface area contributed by atoms with Gasteiger partial charge in [-0.05, 0) is 50.0 Å². The predicted molar refractivity (Wildman–Crippen MR) is 67.5 cm³/mol. The molecule has 2 unspecified atom stereocenters. The first-order valence-electron chi connectivity index (χ1n) is 5.67. The van der Waals surface area contributed by atoms with E-state index in [4.69, 9.17) is 11.6 Å². The fourth-order valence-corrected chi connectivity index (χ4v) is 2.92. The molecule has 1 aromatic carbocycles. The first kappa shape index (κ1) is 12.4. The van der Waals surface area contributed by atoms with Crippen LogP contribution in [-0.2, 0) is 10.2 Å². The number of hydrogen-bond donors (Lipinski definition) is 2. The van der Waals surface area contributed by atoms with E-state index < -0.39 is 11.4 Å². The van der Waals surface area contributed by atoms with E-state index in [1.165, 1.54) is 0 Å². The van der Waals surface area contributed by atoms with Gasteiger partial charge in [-0.2, -0.15) is 0 Å². The highest BCUT2D eigenvalue weighted by Gasteiger charge is 2.61. The second-order valence-electron chi connectivity index (χ2n) is 4.72. The maximum atomic E-state index is 11.5. The monoisotopic (exact) mass is 253 g/mol. The van der Waals surface area contributed by atoms with Crippen LogP contribution in [0.3, 0.4) is 0 Å². The third kappa shape index (κ3) is 1.94. The number of nitrogens with one attached hydrogen (secondary N) is 1. The normalized spacial score (nSPS) is 26.9. The molecule has 17 heavy (non-hydrogen) atoms. The minimum absolute atomic E-state index is 0.130. The standard InChI is InChI=1S/C13H16ClNO2/c1-8-3-4-10(11(14)5-8)13(12(16)17)6-9(13)7-15-2/h3-5,9,15H,6-7H2,1-2H3,(H,16,17). The second-order valence-corrected chi connectivity index (χ2v) is 5.13. The molecule has 0 aliphatic heterocycles. The molecule has 0 amide bonds. The summed E-state index contributed by atoms with van der Waals surface area (Å²) in [5.74, 6) is -0.645. The SMILES string of the molecule is CNCC1CC1(C(=O)O)c1ccc(C)cc1Cl. The molecule has 0 heterocycles. The fraction of sp³-hybridized carbons (Fsp3) is 0.462. The minimum Gasteiger partial charge on any atom is -0.481 e. The Morgan fingerprint density at radius 1 is 1.65 bits per heavy atom. The molecule has 0 spiro atoms. The number of carboxylic acid groups (broad SMARTS) is 1. The lowest BCUT2D eigenvalue weighted by Gasteiger charge is -2.15. The Labute approximate surface area is 106 Å². The number of benzene rings is 1. The van der Waals surface area contributed by atoms with Crippen molar-refractivity contribution >= 4 is 17.6 Å². The van der Waals surface area contributed by atoms with E-state index in [1.807, 2.05) is 32.2 Å². The van der Waals surface area contributed by atoms with Gasteiger partial charge in [-0.1, -0.05) is 23.7 Å². The molecule has 1 fully saturated rings. The van der Waals surface area contributed by atoms with Crippen LogP contribution in [0.4, 0.5) is 0 Å². The largest absolute Gasteiger partial charge is 0.481 e. The van der Waals surface area contributed by atoms with E-state index in [0.717, 1.165) is 11.1 Å². The van der Waals surface area contributed by atoms with Crippen molar-refractivity contribution in [3.05, 3.63) is 34.3 Å². The van der Waals surface area contributed by atoms with Crippen LogP contribution in [0.2, 0.25) is 5.02 Å². The van der Waals surface area contributed by atoms with Crippen LogP contribution >= 0.6 is 11.6 Å². The highest BCUT2D eigenvalue weighted by atomic mass is 35.5. The van der Waals surface area contributed by atoms with Crippen molar-refractivity contribution in [2.75, 3.05) is 13.6 Å².